The topological polar surface area (TPSA) is 20.3 Å². The minimum Gasteiger partial charge on any atom is -0.303 e. The van der Waals surface area contributed by atoms with Gasteiger partial charge in [0.2, 0.25) is 0 Å². The summed E-state index contributed by atoms with van der Waals surface area (Å²) < 4.78 is 0. The van der Waals surface area contributed by atoms with Crippen LogP contribution in [0.2, 0.25) is 0 Å². The maximum absolute atomic E-state index is 12.3. The first-order chi connectivity index (χ1) is 8.94. The molecule has 0 heterocycles. The summed E-state index contributed by atoms with van der Waals surface area (Å²) in [6.45, 7) is 7.53. The molecule has 0 spiro atoms. The van der Waals surface area contributed by atoms with E-state index in [4.69, 9.17) is 0 Å². The molecule has 0 bridgehead atoms. The number of nitrogens with zero attached hydrogens (tertiary/aromatic N) is 1. The third-order valence-electron chi connectivity index (χ3n) is 5.68. The molecule has 110 valence electrons. The second-order valence-corrected chi connectivity index (χ2v) is 7.51. The number of carbonyl (C=O) groups is 1. The van der Waals surface area contributed by atoms with Gasteiger partial charge in [0.05, 0.1) is 0 Å². The molecule has 2 fully saturated rings. The number of carbonyl (C=O) groups excluding carboxylic acids is 1. The summed E-state index contributed by atoms with van der Waals surface area (Å²) in [7, 11) is 2.23. The molecule has 2 nitrogen and oxygen atoms in total. The highest BCUT2D eigenvalue weighted by molar-refractivity contribution is 5.88. The minimum absolute atomic E-state index is 0.0641. The van der Waals surface area contributed by atoms with Crippen LogP contribution in [0.3, 0.4) is 0 Å². The lowest BCUT2D eigenvalue weighted by atomic mass is 9.83. The van der Waals surface area contributed by atoms with Crippen LogP contribution in [0.1, 0.15) is 65.7 Å². The van der Waals surface area contributed by atoms with Crippen molar-refractivity contribution in [2.45, 2.75) is 71.8 Å². The van der Waals surface area contributed by atoms with Crippen LogP contribution in [-0.4, -0.2) is 30.3 Å². The van der Waals surface area contributed by atoms with E-state index >= 15 is 0 Å². The predicted octanol–water partition coefficient (Wildman–Crippen LogP) is 3.89. The Labute approximate surface area is 118 Å². The summed E-state index contributed by atoms with van der Waals surface area (Å²) in [5, 5.41) is 0. The van der Waals surface area contributed by atoms with Gasteiger partial charge < -0.3 is 4.90 Å². The maximum Gasteiger partial charge on any atom is 0.142 e. The number of rotatable bonds is 4. The molecule has 0 aromatic heterocycles. The molecule has 19 heavy (non-hydrogen) atoms. The number of hydrogen-bond donors (Lipinski definition) is 0. The van der Waals surface area contributed by atoms with Gasteiger partial charge in [0.25, 0.3) is 0 Å². The zero-order chi connectivity index (χ0) is 14.0. The zero-order valence-electron chi connectivity index (χ0n) is 13.2. The number of ketones is 1. The van der Waals surface area contributed by atoms with Crippen LogP contribution in [0.15, 0.2) is 0 Å². The van der Waals surface area contributed by atoms with Crippen molar-refractivity contribution in [3.63, 3.8) is 0 Å². The van der Waals surface area contributed by atoms with Gasteiger partial charge >= 0.3 is 0 Å². The summed E-state index contributed by atoms with van der Waals surface area (Å²) in [6, 6.07) is 0.722. The van der Waals surface area contributed by atoms with Crippen molar-refractivity contribution < 1.29 is 4.79 Å². The highest BCUT2D eigenvalue weighted by atomic mass is 16.1. The molecule has 2 rings (SSSR count). The lowest BCUT2D eigenvalue weighted by Crippen LogP contribution is -2.39. The summed E-state index contributed by atoms with van der Waals surface area (Å²) in [5.41, 5.74) is -0.0641. The average molecular weight is 265 g/mol. The fraction of sp³-hybridized carbons (Fsp3) is 0.941. The lowest BCUT2D eigenvalue weighted by Gasteiger charge is -2.35. The van der Waals surface area contributed by atoms with E-state index in [1.165, 1.54) is 32.1 Å². The maximum atomic E-state index is 12.3. The van der Waals surface area contributed by atoms with Crippen molar-refractivity contribution in [1.82, 2.24) is 4.90 Å². The normalized spacial score (nSPS) is 35.0. The van der Waals surface area contributed by atoms with Crippen LogP contribution in [0.25, 0.3) is 0 Å². The first-order valence-corrected chi connectivity index (χ1v) is 8.18. The predicted molar refractivity (Wildman–Crippen MR) is 80.2 cm³/mol. The molecule has 1 unspecified atom stereocenters. The van der Waals surface area contributed by atoms with E-state index in [0.717, 1.165) is 31.3 Å². The van der Waals surface area contributed by atoms with Gasteiger partial charge in [-0.15, -0.1) is 0 Å². The van der Waals surface area contributed by atoms with Gasteiger partial charge in [-0.3, -0.25) is 4.79 Å². The first kappa shape index (κ1) is 15.0. The molecule has 2 aliphatic rings. The van der Waals surface area contributed by atoms with Crippen molar-refractivity contribution in [3.05, 3.63) is 0 Å². The van der Waals surface area contributed by atoms with Gasteiger partial charge in [-0.1, -0.05) is 27.2 Å². The molecule has 0 amide bonds. The summed E-state index contributed by atoms with van der Waals surface area (Å²) in [6.07, 6.45) is 8.95. The van der Waals surface area contributed by atoms with E-state index in [0.29, 0.717) is 11.7 Å². The third kappa shape index (κ3) is 3.39. The zero-order valence-corrected chi connectivity index (χ0v) is 13.2. The van der Waals surface area contributed by atoms with Crippen LogP contribution < -0.4 is 0 Å². The molecule has 0 saturated heterocycles. The number of Topliss-reactive ketones (excluding diaryl/α,β-unsaturated/α-hetero) is 1. The number of hydrogen-bond acceptors (Lipinski definition) is 2. The summed E-state index contributed by atoms with van der Waals surface area (Å²) >= 11 is 0. The Morgan fingerprint density at radius 1 is 1.16 bits per heavy atom. The largest absolute Gasteiger partial charge is 0.303 e. The summed E-state index contributed by atoms with van der Waals surface area (Å²) in [4.78, 5) is 14.8. The van der Waals surface area contributed by atoms with Crippen molar-refractivity contribution in [2.75, 3.05) is 13.6 Å². The Balaban J connectivity index is 1.82. The van der Waals surface area contributed by atoms with E-state index in [1.807, 2.05) is 0 Å². The third-order valence-corrected chi connectivity index (χ3v) is 5.68. The van der Waals surface area contributed by atoms with E-state index in [-0.39, 0.29) is 5.41 Å². The van der Waals surface area contributed by atoms with Crippen LogP contribution >= 0.6 is 0 Å². The first-order valence-electron chi connectivity index (χ1n) is 8.18. The molecule has 2 saturated carbocycles. The van der Waals surface area contributed by atoms with Crippen LogP contribution in [0, 0.1) is 17.3 Å². The fourth-order valence-corrected chi connectivity index (χ4v) is 4.01. The molecular weight excluding hydrogens is 234 g/mol. The Hall–Kier alpha value is -0.370. The fourth-order valence-electron chi connectivity index (χ4n) is 4.01. The monoisotopic (exact) mass is 265 g/mol. The molecule has 2 aliphatic carbocycles. The molecule has 0 aromatic carbocycles. The van der Waals surface area contributed by atoms with Crippen molar-refractivity contribution in [3.8, 4) is 0 Å². The molecule has 1 atom stereocenters. The van der Waals surface area contributed by atoms with Crippen molar-refractivity contribution >= 4 is 5.78 Å². The second-order valence-electron chi connectivity index (χ2n) is 7.51. The van der Waals surface area contributed by atoms with Gasteiger partial charge in [-0.2, -0.15) is 0 Å². The van der Waals surface area contributed by atoms with Gasteiger partial charge in [0, 0.05) is 23.9 Å². The lowest BCUT2D eigenvalue weighted by molar-refractivity contribution is -0.128. The molecule has 2 heteroatoms. The Bertz CT molecular complexity index is 315. The molecule has 0 aliphatic heterocycles. The standard InChI is InChI=1S/C17H31NO/c1-5-13-6-8-15(9-7-13)18(4)12-14-10-11-17(2,3)16(14)19/h13-15H,5-12H2,1-4H3. The Kier molecular flexibility index (Phi) is 4.70. The quantitative estimate of drug-likeness (QED) is 0.768. The minimum atomic E-state index is -0.0641. The van der Waals surface area contributed by atoms with E-state index in [1.54, 1.807) is 0 Å². The van der Waals surface area contributed by atoms with Crippen LogP contribution in [-0.2, 0) is 4.79 Å². The van der Waals surface area contributed by atoms with Crippen molar-refractivity contribution in [1.29, 1.82) is 0 Å². The van der Waals surface area contributed by atoms with Crippen LogP contribution in [0.5, 0.6) is 0 Å². The van der Waals surface area contributed by atoms with Gasteiger partial charge in [-0.05, 0) is 51.5 Å². The molecule has 0 aromatic rings. The van der Waals surface area contributed by atoms with Gasteiger partial charge in [0.1, 0.15) is 5.78 Å². The average Bonchev–Trinajstić information content (AvgIpc) is 2.66. The van der Waals surface area contributed by atoms with E-state index < -0.39 is 0 Å². The molecule has 0 radical (unpaired) electrons. The van der Waals surface area contributed by atoms with E-state index in [2.05, 4.69) is 32.7 Å². The highest BCUT2D eigenvalue weighted by Gasteiger charge is 2.41. The van der Waals surface area contributed by atoms with Gasteiger partial charge in [0.15, 0.2) is 0 Å². The smallest absolute Gasteiger partial charge is 0.142 e. The van der Waals surface area contributed by atoms with Crippen molar-refractivity contribution in [2.24, 2.45) is 17.3 Å². The Morgan fingerprint density at radius 2 is 1.79 bits per heavy atom. The summed E-state index contributed by atoms with van der Waals surface area (Å²) in [5.74, 6) is 1.75. The van der Waals surface area contributed by atoms with E-state index in [9.17, 15) is 4.79 Å². The SMILES string of the molecule is CCC1CCC(N(C)CC2CCC(C)(C)C2=O)CC1. The Morgan fingerprint density at radius 3 is 2.26 bits per heavy atom. The molecule has 0 N–H and O–H groups in total. The van der Waals surface area contributed by atoms with Crippen LogP contribution in [0.4, 0.5) is 0 Å². The molecular formula is C17H31NO. The second kappa shape index (κ2) is 5.95. The van der Waals surface area contributed by atoms with Gasteiger partial charge in [-0.25, -0.2) is 0 Å². The highest BCUT2D eigenvalue weighted by Crippen LogP contribution is 2.38.